The summed E-state index contributed by atoms with van der Waals surface area (Å²) in [4.78, 5) is 10.7. The van der Waals surface area contributed by atoms with Crippen LogP contribution in [0.25, 0.3) is 0 Å². The predicted octanol–water partition coefficient (Wildman–Crippen LogP) is -1.24. The van der Waals surface area contributed by atoms with Crippen LogP contribution in [-0.2, 0) is 9.53 Å². The van der Waals surface area contributed by atoms with Gasteiger partial charge in [0.05, 0.1) is 6.10 Å². The van der Waals surface area contributed by atoms with Crippen molar-refractivity contribution in [2.45, 2.75) is 19.1 Å². The standard InChI is InChI=1S/C6H10N2O3/c1-4(9)5(8)6(10)11-3-2-7/h4-5,9H,3,8H2,1H3/t4-,5+/m1/s1. The van der Waals surface area contributed by atoms with Gasteiger partial charge in [-0.15, -0.1) is 0 Å². The van der Waals surface area contributed by atoms with Crippen molar-refractivity contribution in [3.63, 3.8) is 0 Å². The Bertz CT molecular complexity index is 173. The smallest absolute Gasteiger partial charge is 0.326 e. The van der Waals surface area contributed by atoms with Gasteiger partial charge in [0, 0.05) is 0 Å². The molecule has 62 valence electrons. The second-order valence-electron chi connectivity index (χ2n) is 2.03. The van der Waals surface area contributed by atoms with Crippen LogP contribution in [0, 0.1) is 11.3 Å². The molecular formula is C6H10N2O3. The van der Waals surface area contributed by atoms with Crippen LogP contribution in [0.3, 0.4) is 0 Å². The molecule has 0 aliphatic heterocycles. The molecule has 3 N–H and O–H groups in total. The Balaban J connectivity index is 3.76. The third-order valence-electron chi connectivity index (χ3n) is 1.07. The van der Waals surface area contributed by atoms with Gasteiger partial charge in [-0.25, -0.2) is 0 Å². The molecule has 0 fully saturated rings. The van der Waals surface area contributed by atoms with Crippen molar-refractivity contribution in [1.82, 2.24) is 0 Å². The highest BCUT2D eigenvalue weighted by Crippen LogP contribution is 1.91. The monoisotopic (exact) mass is 158 g/mol. The van der Waals surface area contributed by atoms with Gasteiger partial charge >= 0.3 is 5.97 Å². The Hall–Kier alpha value is -1.12. The van der Waals surface area contributed by atoms with Crippen molar-refractivity contribution in [3.8, 4) is 6.07 Å². The van der Waals surface area contributed by atoms with Gasteiger partial charge in [-0.3, -0.25) is 4.79 Å². The van der Waals surface area contributed by atoms with E-state index in [-0.39, 0.29) is 6.61 Å². The number of rotatable bonds is 3. The first-order valence-corrected chi connectivity index (χ1v) is 3.06. The minimum Gasteiger partial charge on any atom is -0.449 e. The highest BCUT2D eigenvalue weighted by Gasteiger charge is 2.19. The average Bonchev–Trinajstić information content (AvgIpc) is 1.98. The zero-order chi connectivity index (χ0) is 8.85. The summed E-state index contributed by atoms with van der Waals surface area (Å²) in [7, 11) is 0. The first-order valence-electron chi connectivity index (χ1n) is 3.06. The Morgan fingerprint density at radius 3 is 2.82 bits per heavy atom. The van der Waals surface area contributed by atoms with E-state index in [2.05, 4.69) is 4.74 Å². The van der Waals surface area contributed by atoms with E-state index in [9.17, 15) is 4.79 Å². The summed E-state index contributed by atoms with van der Waals surface area (Å²) < 4.78 is 4.33. The van der Waals surface area contributed by atoms with E-state index in [4.69, 9.17) is 16.1 Å². The van der Waals surface area contributed by atoms with Crippen LogP contribution >= 0.6 is 0 Å². The van der Waals surface area contributed by atoms with E-state index >= 15 is 0 Å². The van der Waals surface area contributed by atoms with Crippen LogP contribution in [-0.4, -0.2) is 29.8 Å². The summed E-state index contributed by atoms with van der Waals surface area (Å²) in [6.45, 7) is 1.04. The number of hydrogen-bond acceptors (Lipinski definition) is 5. The quantitative estimate of drug-likeness (QED) is 0.501. The Morgan fingerprint density at radius 2 is 2.45 bits per heavy atom. The molecule has 0 heterocycles. The molecular weight excluding hydrogens is 148 g/mol. The lowest BCUT2D eigenvalue weighted by Crippen LogP contribution is -2.41. The molecule has 0 aromatic heterocycles. The van der Waals surface area contributed by atoms with Crippen molar-refractivity contribution in [3.05, 3.63) is 0 Å². The van der Waals surface area contributed by atoms with Gasteiger partial charge in [-0.05, 0) is 6.92 Å². The van der Waals surface area contributed by atoms with Gasteiger partial charge < -0.3 is 15.6 Å². The van der Waals surface area contributed by atoms with Crippen LogP contribution < -0.4 is 5.73 Å². The minimum absolute atomic E-state index is 0.334. The molecule has 0 aromatic carbocycles. The molecule has 0 saturated carbocycles. The molecule has 11 heavy (non-hydrogen) atoms. The largest absolute Gasteiger partial charge is 0.449 e. The van der Waals surface area contributed by atoms with Gasteiger partial charge in [0.15, 0.2) is 6.61 Å². The summed E-state index contributed by atoms with van der Waals surface area (Å²) in [5, 5.41) is 16.8. The fraction of sp³-hybridized carbons (Fsp3) is 0.667. The molecule has 0 aliphatic rings. The third-order valence-corrected chi connectivity index (χ3v) is 1.07. The number of aliphatic hydroxyl groups excluding tert-OH is 1. The van der Waals surface area contributed by atoms with Crippen LogP contribution in [0.5, 0.6) is 0 Å². The summed E-state index contributed by atoms with van der Waals surface area (Å²) >= 11 is 0. The molecule has 0 spiro atoms. The summed E-state index contributed by atoms with van der Waals surface area (Å²) in [6, 6.07) is 0.546. The van der Waals surface area contributed by atoms with Gasteiger partial charge in [-0.1, -0.05) is 0 Å². The van der Waals surface area contributed by atoms with E-state index in [1.54, 1.807) is 6.07 Å². The maximum atomic E-state index is 10.7. The van der Waals surface area contributed by atoms with Crippen molar-refractivity contribution >= 4 is 5.97 Å². The summed E-state index contributed by atoms with van der Waals surface area (Å²) in [5.41, 5.74) is 5.17. The van der Waals surface area contributed by atoms with E-state index < -0.39 is 18.1 Å². The number of ether oxygens (including phenoxy) is 1. The lowest BCUT2D eigenvalue weighted by Gasteiger charge is -2.11. The molecule has 0 aliphatic carbocycles. The van der Waals surface area contributed by atoms with E-state index in [1.165, 1.54) is 6.92 Å². The normalized spacial score (nSPS) is 14.7. The Labute approximate surface area is 64.4 Å². The van der Waals surface area contributed by atoms with Crippen LogP contribution in [0.1, 0.15) is 6.92 Å². The van der Waals surface area contributed by atoms with Crippen molar-refractivity contribution in [1.29, 1.82) is 5.26 Å². The molecule has 0 bridgehead atoms. The molecule has 5 heteroatoms. The zero-order valence-electron chi connectivity index (χ0n) is 6.15. The molecule has 0 rings (SSSR count). The van der Waals surface area contributed by atoms with Crippen molar-refractivity contribution in [2.24, 2.45) is 5.73 Å². The van der Waals surface area contributed by atoms with Crippen molar-refractivity contribution in [2.75, 3.05) is 6.61 Å². The lowest BCUT2D eigenvalue weighted by molar-refractivity contribution is -0.146. The summed E-state index contributed by atoms with van der Waals surface area (Å²) in [5.74, 6) is -0.762. The minimum atomic E-state index is -1.07. The highest BCUT2D eigenvalue weighted by atomic mass is 16.5. The number of hydrogen-bond donors (Lipinski definition) is 2. The fourth-order valence-electron chi connectivity index (χ4n) is 0.397. The van der Waals surface area contributed by atoms with Crippen LogP contribution in [0.4, 0.5) is 0 Å². The van der Waals surface area contributed by atoms with E-state index in [0.717, 1.165) is 0 Å². The third kappa shape index (κ3) is 3.55. The van der Waals surface area contributed by atoms with Gasteiger partial charge in [0.2, 0.25) is 0 Å². The molecule has 2 atom stereocenters. The van der Waals surface area contributed by atoms with Gasteiger partial charge in [0.25, 0.3) is 0 Å². The predicted molar refractivity (Wildman–Crippen MR) is 36.2 cm³/mol. The zero-order valence-corrected chi connectivity index (χ0v) is 6.15. The highest BCUT2D eigenvalue weighted by molar-refractivity contribution is 5.76. The fourth-order valence-corrected chi connectivity index (χ4v) is 0.397. The first kappa shape index (κ1) is 9.88. The molecule has 0 unspecified atom stereocenters. The topological polar surface area (TPSA) is 96.3 Å². The molecule has 0 amide bonds. The number of nitrogens with two attached hydrogens (primary N) is 1. The SMILES string of the molecule is C[C@@H](O)[C@H](N)C(=O)OCC#N. The second kappa shape index (κ2) is 4.66. The lowest BCUT2D eigenvalue weighted by atomic mass is 10.2. The number of nitriles is 1. The molecule has 5 nitrogen and oxygen atoms in total. The maximum Gasteiger partial charge on any atom is 0.326 e. The van der Waals surface area contributed by atoms with Crippen LogP contribution in [0.2, 0.25) is 0 Å². The molecule has 0 saturated heterocycles. The Kier molecular flexibility index (Phi) is 4.18. The summed E-state index contributed by atoms with van der Waals surface area (Å²) in [6.07, 6.45) is -0.957. The number of aliphatic hydroxyl groups is 1. The molecule has 0 radical (unpaired) electrons. The Morgan fingerprint density at radius 1 is 1.91 bits per heavy atom. The second-order valence-corrected chi connectivity index (χ2v) is 2.03. The average molecular weight is 158 g/mol. The number of esters is 1. The maximum absolute atomic E-state index is 10.7. The van der Waals surface area contributed by atoms with Gasteiger partial charge in [-0.2, -0.15) is 5.26 Å². The number of nitrogens with zero attached hydrogens (tertiary/aromatic N) is 1. The number of carbonyl (C=O) groups is 1. The molecule has 0 aromatic rings. The van der Waals surface area contributed by atoms with Gasteiger partial charge in [0.1, 0.15) is 12.1 Å². The van der Waals surface area contributed by atoms with Crippen molar-refractivity contribution < 1.29 is 14.6 Å². The van der Waals surface area contributed by atoms with E-state index in [0.29, 0.717) is 0 Å². The van der Waals surface area contributed by atoms with E-state index in [1.807, 2.05) is 0 Å². The number of carbonyl (C=O) groups excluding carboxylic acids is 1. The van der Waals surface area contributed by atoms with Crippen LogP contribution in [0.15, 0.2) is 0 Å². The first-order chi connectivity index (χ1) is 5.09.